The predicted octanol–water partition coefficient (Wildman–Crippen LogP) is 2.33. The lowest BCUT2D eigenvalue weighted by molar-refractivity contribution is 0.231. The number of nitrogens with zero attached hydrogens (tertiary/aromatic N) is 2. The molecule has 2 aromatic rings. The third kappa shape index (κ3) is 4.66. The quantitative estimate of drug-likeness (QED) is 0.753. The number of benzene rings is 1. The fourth-order valence-corrected chi connectivity index (χ4v) is 2.59. The van der Waals surface area contributed by atoms with Crippen molar-refractivity contribution in [1.82, 2.24) is 20.2 Å². The average molecular weight is 341 g/mol. The Morgan fingerprint density at radius 2 is 2.14 bits per heavy atom. The summed E-state index contributed by atoms with van der Waals surface area (Å²) in [6, 6.07) is 6.67. The Hall–Kier alpha value is -1.70. The lowest BCUT2D eigenvalue weighted by Gasteiger charge is -2.17. The van der Waals surface area contributed by atoms with Gasteiger partial charge in [0.25, 0.3) is 0 Å². The molecule has 8 heteroatoms. The van der Waals surface area contributed by atoms with Gasteiger partial charge in [-0.3, -0.25) is 0 Å². The van der Waals surface area contributed by atoms with Crippen LogP contribution in [0.25, 0.3) is 0 Å². The van der Waals surface area contributed by atoms with Crippen LogP contribution < -0.4 is 10.6 Å². The minimum absolute atomic E-state index is 0.0620. The molecule has 0 aliphatic rings. The van der Waals surface area contributed by atoms with Crippen LogP contribution in [0.5, 0.6) is 0 Å². The first-order chi connectivity index (χ1) is 10.6. The van der Waals surface area contributed by atoms with Gasteiger partial charge in [-0.2, -0.15) is 0 Å². The molecule has 0 aliphatic heterocycles. The zero-order chi connectivity index (χ0) is 15.9. The third-order valence-corrected chi connectivity index (χ3v) is 4.01. The number of nitrogens with one attached hydrogen (secondary N) is 2. The minimum atomic E-state index is -0.312. The number of amides is 2. The van der Waals surface area contributed by atoms with Crippen LogP contribution in [0.1, 0.15) is 30.1 Å². The highest BCUT2D eigenvalue weighted by Gasteiger charge is 2.15. The fourth-order valence-electron chi connectivity index (χ4n) is 1.92. The number of urea groups is 1. The Bertz CT molecular complexity index is 591. The van der Waals surface area contributed by atoms with E-state index in [0.29, 0.717) is 11.6 Å². The molecule has 0 bridgehead atoms. The third-order valence-electron chi connectivity index (χ3n) is 3.24. The molecular weight excluding hydrogens is 324 g/mol. The molecule has 0 spiro atoms. The SMILES string of the molecule is CC(NC(=O)NCC(CO)c1ccc(Cl)cc1)c1csnn1. The van der Waals surface area contributed by atoms with Gasteiger partial charge in [-0.15, -0.1) is 5.10 Å². The second-order valence-electron chi connectivity index (χ2n) is 4.84. The summed E-state index contributed by atoms with van der Waals surface area (Å²) in [5.74, 6) is -0.181. The number of carbonyl (C=O) groups excluding carboxylic acids is 1. The molecule has 22 heavy (non-hydrogen) atoms. The van der Waals surface area contributed by atoms with E-state index >= 15 is 0 Å². The first-order valence-corrected chi connectivity index (χ1v) is 7.99. The molecule has 1 heterocycles. The van der Waals surface area contributed by atoms with Gasteiger partial charge >= 0.3 is 6.03 Å². The maximum Gasteiger partial charge on any atom is 0.315 e. The van der Waals surface area contributed by atoms with Crippen LogP contribution in [-0.4, -0.2) is 33.9 Å². The van der Waals surface area contributed by atoms with Crippen molar-refractivity contribution >= 4 is 29.2 Å². The molecule has 2 unspecified atom stereocenters. The van der Waals surface area contributed by atoms with Gasteiger partial charge in [0.05, 0.1) is 18.3 Å². The summed E-state index contributed by atoms with van der Waals surface area (Å²) < 4.78 is 3.76. The lowest BCUT2D eigenvalue weighted by atomic mass is 10.0. The van der Waals surface area contributed by atoms with Crippen molar-refractivity contribution in [2.45, 2.75) is 18.9 Å². The van der Waals surface area contributed by atoms with Crippen molar-refractivity contribution < 1.29 is 9.90 Å². The molecule has 0 saturated heterocycles. The molecular formula is C14H17ClN4O2S. The average Bonchev–Trinajstić information content (AvgIpc) is 3.04. The number of aromatic nitrogens is 2. The number of carbonyl (C=O) groups is 1. The van der Waals surface area contributed by atoms with Crippen molar-refractivity contribution in [2.75, 3.05) is 13.2 Å². The molecule has 0 fully saturated rings. The second kappa shape index (κ2) is 8.07. The smallest absolute Gasteiger partial charge is 0.315 e. The second-order valence-corrected chi connectivity index (χ2v) is 5.88. The highest BCUT2D eigenvalue weighted by atomic mass is 35.5. The Labute approximate surface area is 137 Å². The van der Waals surface area contributed by atoms with Crippen molar-refractivity contribution in [3.05, 3.63) is 45.9 Å². The van der Waals surface area contributed by atoms with Gasteiger partial charge in [-0.1, -0.05) is 28.2 Å². The molecule has 2 rings (SSSR count). The maximum absolute atomic E-state index is 11.9. The molecule has 0 aliphatic carbocycles. The molecule has 0 saturated carbocycles. The van der Waals surface area contributed by atoms with Crippen molar-refractivity contribution in [3.8, 4) is 0 Å². The van der Waals surface area contributed by atoms with Gasteiger partial charge < -0.3 is 15.7 Å². The van der Waals surface area contributed by atoms with E-state index in [1.54, 1.807) is 17.5 Å². The topological polar surface area (TPSA) is 87.1 Å². The van der Waals surface area contributed by atoms with E-state index < -0.39 is 0 Å². The molecule has 118 valence electrons. The van der Waals surface area contributed by atoms with Gasteiger partial charge in [-0.05, 0) is 36.2 Å². The van der Waals surface area contributed by atoms with Crippen LogP contribution >= 0.6 is 23.1 Å². The summed E-state index contributed by atoms with van der Waals surface area (Å²) in [7, 11) is 0. The number of halogens is 1. The molecule has 2 atom stereocenters. The fraction of sp³-hybridized carbons (Fsp3) is 0.357. The minimum Gasteiger partial charge on any atom is -0.396 e. The summed E-state index contributed by atoms with van der Waals surface area (Å²) in [4.78, 5) is 11.9. The Morgan fingerprint density at radius 1 is 1.41 bits per heavy atom. The molecule has 1 aromatic heterocycles. The van der Waals surface area contributed by atoms with Gasteiger partial charge in [0.15, 0.2) is 0 Å². The van der Waals surface area contributed by atoms with E-state index in [9.17, 15) is 9.90 Å². The monoisotopic (exact) mass is 340 g/mol. The molecule has 1 aromatic carbocycles. The van der Waals surface area contributed by atoms with E-state index in [-0.39, 0.29) is 24.6 Å². The molecule has 3 N–H and O–H groups in total. The van der Waals surface area contributed by atoms with E-state index in [1.807, 2.05) is 19.1 Å². The molecule has 2 amide bonds. The van der Waals surface area contributed by atoms with Crippen molar-refractivity contribution in [1.29, 1.82) is 0 Å². The Kier molecular flexibility index (Phi) is 6.11. The van der Waals surface area contributed by atoms with Gasteiger partial charge in [0.1, 0.15) is 0 Å². The largest absolute Gasteiger partial charge is 0.396 e. The zero-order valence-corrected chi connectivity index (χ0v) is 13.6. The standard InChI is InChI=1S/C14H17ClN4O2S/c1-9(13-8-22-19-18-13)17-14(21)16-6-11(7-20)10-2-4-12(15)5-3-10/h2-5,8-9,11,20H,6-7H2,1H3,(H2,16,17,21). The van der Waals surface area contributed by atoms with Crippen LogP contribution in [0, 0.1) is 0 Å². The van der Waals surface area contributed by atoms with Crippen molar-refractivity contribution in [2.24, 2.45) is 0 Å². The highest BCUT2D eigenvalue weighted by molar-refractivity contribution is 7.03. The number of rotatable bonds is 6. The Balaban J connectivity index is 1.85. The summed E-state index contributed by atoms with van der Waals surface area (Å²) in [6.07, 6.45) is 0. The Morgan fingerprint density at radius 3 is 2.73 bits per heavy atom. The van der Waals surface area contributed by atoms with Crippen LogP contribution in [0.3, 0.4) is 0 Å². The molecule has 6 nitrogen and oxygen atoms in total. The summed E-state index contributed by atoms with van der Waals surface area (Å²) in [5.41, 5.74) is 1.64. The van der Waals surface area contributed by atoms with E-state index in [0.717, 1.165) is 11.3 Å². The van der Waals surface area contributed by atoms with E-state index in [1.165, 1.54) is 11.5 Å². The van der Waals surface area contributed by atoms with Gasteiger partial charge in [0, 0.05) is 22.9 Å². The van der Waals surface area contributed by atoms with Gasteiger partial charge in [-0.25, -0.2) is 4.79 Å². The van der Waals surface area contributed by atoms with Gasteiger partial charge in [0.2, 0.25) is 0 Å². The lowest BCUT2D eigenvalue weighted by Crippen LogP contribution is -2.39. The normalized spacial score (nSPS) is 13.4. The summed E-state index contributed by atoms with van der Waals surface area (Å²) in [6.45, 7) is 2.10. The van der Waals surface area contributed by atoms with E-state index in [4.69, 9.17) is 11.6 Å². The predicted molar refractivity (Wildman–Crippen MR) is 86.1 cm³/mol. The number of hydrogen-bond donors (Lipinski definition) is 3. The summed E-state index contributed by atoms with van der Waals surface area (Å²) >= 11 is 7.08. The molecule has 0 radical (unpaired) electrons. The first-order valence-electron chi connectivity index (χ1n) is 6.77. The number of hydrogen-bond acceptors (Lipinski definition) is 5. The van der Waals surface area contributed by atoms with Crippen LogP contribution in [-0.2, 0) is 0 Å². The zero-order valence-electron chi connectivity index (χ0n) is 12.0. The van der Waals surface area contributed by atoms with Crippen LogP contribution in [0.2, 0.25) is 5.02 Å². The number of aliphatic hydroxyl groups is 1. The van der Waals surface area contributed by atoms with Crippen LogP contribution in [0.15, 0.2) is 29.6 Å². The highest BCUT2D eigenvalue weighted by Crippen LogP contribution is 2.17. The summed E-state index contributed by atoms with van der Waals surface area (Å²) in [5, 5.41) is 21.3. The first kappa shape index (κ1) is 16.7. The van der Waals surface area contributed by atoms with Crippen LogP contribution in [0.4, 0.5) is 4.79 Å². The van der Waals surface area contributed by atoms with Crippen molar-refractivity contribution in [3.63, 3.8) is 0 Å². The maximum atomic E-state index is 11.9. The number of aliphatic hydroxyl groups excluding tert-OH is 1. The van der Waals surface area contributed by atoms with E-state index in [2.05, 4.69) is 20.2 Å².